The van der Waals surface area contributed by atoms with Crippen LogP contribution in [0.4, 0.5) is 0 Å². The van der Waals surface area contributed by atoms with E-state index in [1.54, 1.807) is 13.0 Å². The largest absolute Gasteiger partial charge is 0.480 e. The van der Waals surface area contributed by atoms with Crippen LogP contribution in [0.3, 0.4) is 0 Å². The summed E-state index contributed by atoms with van der Waals surface area (Å²) in [5.41, 5.74) is 0.874. The monoisotopic (exact) mass is 339 g/mol. The number of carbonyl (C=O) groups is 2. The predicted molar refractivity (Wildman–Crippen MR) is 82.2 cm³/mol. The van der Waals surface area contributed by atoms with Crippen LogP contribution in [0.5, 0.6) is 0 Å². The van der Waals surface area contributed by atoms with Gasteiger partial charge in [-0.3, -0.25) is 4.79 Å². The van der Waals surface area contributed by atoms with Crippen LogP contribution in [0.15, 0.2) is 34.8 Å². The molecule has 1 aromatic carbocycles. The standard InChI is InChI=1S/C15H18BrNO3/c1-3-10(2)14(15(19)20)17-13(18)9-6-11-4-7-12(16)8-5-11/h4-10,14H,3H2,1-2H3,(H,17,18)(H,19,20)/b9-6+/t10-,14-/m0/s1. The van der Waals surface area contributed by atoms with Crippen LogP contribution in [0.1, 0.15) is 25.8 Å². The van der Waals surface area contributed by atoms with E-state index in [-0.39, 0.29) is 5.92 Å². The molecular formula is C15H18BrNO3. The fraction of sp³-hybridized carbons (Fsp3) is 0.333. The Balaban J connectivity index is 2.66. The number of hydrogen-bond donors (Lipinski definition) is 2. The summed E-state index contributed by atoms with van der Waals surface area (Å²) in [5, 5.41) is 11.6. The second-order valence-electron chi connectivity index (χ2n) is 4.59. The second kappa shape index (κ2) is 7.85. The lowest BCUT2D eigenvalue weighted by Gasteiger charge is -2.19. The molecule has 2 atom stereocenters. The van der Waals surface area contributed by atoms with Gasteiger partial charge in [0, 0.05) is 10.5 Å². The fourth-order valence-corrected chi connectivity index (χ4v) is 1.89. The quantitative estimate of drug-likeness (QED) is 0.782. The second-order valence-corrected chi connectivity index (χ2v) is 5.51. The van der Waals surface area contributed by atoms with Gasteiger partial charge in [-0.1, -0.05) is 48.3 Å². The van der Waals surface area contributed by atoms with E-state index in [1.165, 1.54) is 6.08 Å². The van der Waals surface area contributed by atoms with Crippen LogP contribution in [-0.2, 0) is 9.59 Å². The molecule has 0 unspecified atom stereocenters. The van der Waals surface area contributed by atoms with Gasteiger partial charge in [-0.15, -0.1) is 0 Å². The number of nitrogens with one attached hydrogen (secondary N) is 1. The summed E-state index contributed by atoms with van der Waals surface area (Å²) >= 11 is 3.33. The maximum absolute atomic E-state index is 11.7. The molecule has 1 rings (SSSR count). The Morgan fingerprint density at radius 3 is 2.45 bits per heavy atom. The normalized spacial score (nSPS) is 13.9. The Morgan fingerprint density at radius 2 is 1.95 bits per heavy atom. The molecule has 0 spiro atoms. The van der Waals surface area contributed by atoms with Gasteiger partial charge in [0.25, 0.3) is 0 Å². The van der Waals surface area contributed by atoms with Crippen LogP contribution < -0.4 is 5.32 Å². The van der Waals surface area contributed by atoms with Crippen molar-refractivity contribution in [2.75, 3.05) is 0 Å². The molecule has 0 aliphatic heterocycles. The molecule has 0 aliphatic rings. The maximum atomic E-state index is 11.7. The summed E-state index contributed by atoms with van der Waals surface area (Å²) in [5.74, 6) is -1.53. The molecule has 4 nitrogen and oxygen atoms in total. The summed E-state index contributed by atoms with van der Waals surface area (Å²) in [6.45, 7) is 3.70. The number of carboxylic acid groups (broad SMARTS) is 1. The van der Waals surface area contributed by atoms with E-state index in [2.05, 4.69) is 21.2 Å². The summed E-state index contributed by atoms with van der Waals surface area (Å²) in [6.07, 6.45) is 3.69. The summed E-state index contributed by atoms with van der Waals surface area (Å²) in [7, 11) is 0. The van der Waals surface area contributed by atoms with E-state index in [1.807, 2.05) is 31.2 Å². The van der Waals surface area contributed by atoms with E-state index in [4.69, 9.17) is 5.11 Å². The highest BCUT2D eigenvalue weighted by molar-refractivity contribution is 9.10. The molecule has 2 N–H and O–H groups in total. The van der Waals surface area contributed by atoms with Crippen molar-refractivity contribution < 1.29 is 14.7 Å². The smallest absolute Gasteiger partial charge is 0.326 e. The number of halogens is 1. The van der Waals surface area contributed by atoms with Gasteiger partial charge < -0.3 is 10.4 Å². The zero-order valence-electron chi connectivity index (χ0n) is 11.5. The number of aliphatic carboxylic acids is 1. The average Bonchev–Trinajstić information content (AvgIpc) is 2.43. The van der Waals surface area contributed by atoms with E-state index in [0.717, 1.165) is 10.0 Å². The van der Waals surface area contributed by atoms with Crippen molar-refractivity contribution >= 4 is 33.9 Å². The highest BCUT2D eigenvalue weighted by atomic mass is 79.9. The minimum absolute atomic E-state index is 0.113. The zero-order valence-corrected chi connectivity index (χ0v) is 13.1. The highest BCUT2D eigenvalue weighted by Gasteiger charge is 2.24. The minimum atomic E-state index is -1.01. The van der Waals surface area contributed by atoms with E-state index >= 15 is 0 Å². The number of hydrogen-bond acceptors (Lipinski definition) is 2. The Morgan fingerprint density at radius 1 is 1.35 bits per heavy atom. The molecule has 0 saturated carbocycles. The van der Waals surface area contributed by atoms with Crippen LogP contribution in [0.2, 0.25) is 0 Å². The first-order valence-electron chi connectivity index (χ1n) is 6.41. The first-order chi connectivity index (χ1) is 9.43. The number of benzene rings is 1. The van der Waals surface area contributed by atoms with Crippen molar-refractivity contribution in [3.05, 3.63) is 40.4 Å². The predicted octanol–water partition coefficient (Wildman–Crippen LogP) is 3.08. The van der Waals surface area contributed by atoms with Crippen molar-refractivity contribution in [3.8, 4) is 0 Å². The molecule has 5 heteroatoms. The molecule has 108 valence electrons. The molecule has 20 heavy (non-hydrogen) atoms. The lowest BCUT2D eigenvalue weighted by molar-refractivity contribution is -0.142. The van der Waals surface area contributed by atoms with Gasteiger partial charge in [-0.25, -0.2) is 4.79 Å². The van der Waals surface area contributed by atoms with Crippen LogP contribution in [0.25, 0.3) is 6.08 Å². The Bertz CT molecular complexity index is 496. The van der Waals surface area contributed by atoms with Gasteiger partial charge in [0.2, 0.25) is 5.91 Å². The third kappa shape index (κ3) is 5.17. The Labute approximate surface area is 127 Å². The van der Waals surface area contributed by atoms with Crippen molar-refractivity contribution in [3.63, 3.8) is 0 Å². The van der Waals surface area contributed by atoms with Crippen LogP contribution >= 0.6 is 15.9 Å². The van der Waals surface area contributed by atoms with Crippen molar-refractivity contribution in [1.29, 1.82) is 0 Å². The number of carbonyl (C=O) groups excluding carboxylic acids is 1. The van der Waals surface area contributed by atoms with Crippen molar-refractivity contribution in [2.24, 2.45) is 5.92 Å². The van der Waals surface area contributed by atoms with Gasteiger partial charge in [0.05, 0.1) is 0 Å². The van der Waals surface area contributed by atoms with Gasteiger partial charge in [-0.2, -0.15) is 0 Å². The van der Waals surface area contributed by atoms with Gasteiger partial charge in [0.15, 0.2) is 0 Å². The molecule has 0 aromatic heterocycles. The van der Waals surface area contributed by atoms with Crippen LogP contribution in [0, 0.1) is 5.92 Å². The van der Waals surface area contributed by atoms with Gasteiger partial charge in [0.1, 0.15) is 6.04 Å². The van der Waals surface area contributed by atoms with Gasteiger partial charge in [-0.05, 0) is 29.7 Å². The van der Waals surface area contributed by atoms with E-state index in [0.29, 0.717) is 6.42 Å². The van der Waals surface area contributed by atoms with Crippen molar-refractivity contribution in [1.82, 2.24) is 5.32 Å². The summed E-state index contributed by atoms with van der Waals surface area (Å²) < 4.78 is 0.960. The molecule has 1 amide bonds. The minimum Gasteiger partial charge on any atom is -0.480 e. The lowest BCUT2D eigenvalue weighted by Crippen LogP contribution is -2.44. The first-order valence-corrected chi connectivity index (χ1v) is 7.20. The first kappa shape index (κ1) is 16.4. The van der Waals surface area contributed by atoms with Gasteiger partial charge >= 0.3 is 5.97 Å². The number of amides is 1. The number of carboxylic acids is 1. The van der Waals surface area contributed by atoms with E-state index < -0.39 is 17.9 Å². The average molecular weight is 340 g/mol. The molecule has 1 aromatic rings. The molecule has 0 aliphatic carbocycles. The summed E-state index contributed by atoms with van der Waals surface area (Å²) in [6, 6.07) is 6.60. The Hall–Kier alpha value is -1.62. The molecule has 0 bridgehead atoms. The molecule has 0 heterocycles. The molecule has 0 fully saturated rings. The van der Waals surface area contributed by atoms with Crippen molar-refractivity contribution in [2.45, 2.75) is 26.3 Å². The third-order valence-electron chi connectivity index (χ3n) is 3.07. The molecule has 0 radical (unpaired) electrons. The third-order valence-corrected chi connectivity index (χ3v) is 3.60. The SMILES string of the molecule is CC[C@H](C)[C@H](NC(=O)/C=C/c1ccc(Br)cc1)C(=O)O. The van der Waals surface area contributed by atoms with E-state index in [9.17, 15) is 9.59 Å². The highest BCUT2D eigenvalue weighted by Crippen LogP contribution is 2.12. The molecular weight excluding hydrogens is 322 g/mol. The molecule has 0 saturated heterocycles. The number of rotatable bonds is 6. The summed E-state index contributed by atoms with van der Waals surface area (Å²) in [4.78, 5) is 22.9. The maximum Gasteiger partial charge on any atom is 0.326 e. The fourth-order valence-electron chi connectivity index (χ4n) is 1.63. The Kier molecular flexibility index (Phi) is 6.45. The van der Waals surface area contributed by atoms with Crippen LogP contribution in [-0.4, -0.2) is 23.0 Å². The topological polar surface area (TPSA) is 66.4 Å². The zero-order chi connectivity index (χ0) is 15.1. The lowest BCUT2D eigenvalue weighted by atomic mass is 9.99.